The van der Waals surface area contributed by atoms with Crippen molar-refractivity contribution in [2.75, 3.05) is 7.05 Å². The number of nitrogens with zero attached hydrogens (tertiary/aromatic N) is 1. The van der Waals surface area contributed by atoms with Crippen LogP contribution < -0.4 is 0 Å². The zero-order chi connectivity index (χ0) is 19.7. The van der Waals surface area contributed by atoms with Gasteiger partial charge in [0.1, 0.15) is 0 Å². The molecule has 0 spiro atoms. The first-order valence-electron chi connectivity index (χ1n) is 7.39. The van der Waals surface area contributed by atoms with E-state index in [1.165, 1.54) is 4.90 Å². The summed E-state index contributed by atoms with van der Waals surface area (Å²) >= 11 is 5.83. The first-order valence-corrected chi connectivity index (χ1v) is 9.25. The van der Waals surface area contributed by atoms with Crippen LogP contribution in [0, 0.1) is 0 Å². The maximum atomic E-state index is 12.6. The fourth-order valence-electron chi connectivity index (χ4n) is 2.25. The normalized spacial score (nSPS) is 13.3. The maximum Gasteiger partial charge on any atom is 0.501 e. The van der Waals surface area contributed by atoms with Gasteiger partial charge in [0, 0.05) is 17.6 Å². The zero-order valence-corrected chi connectivity index (χ0v) is 15.4. The molecule has 1 amide bonds. The first-order chi connectivity index (χ1) is 11.9. The minimum absolute atomic E-state index is 0.0782. The first kappa shape index (κ1) is 20.3. The zero-order valence-electron chi connectivity index (χ0n) is 13.8. The molecule has 4 nitrogen and oxygen atoms in total. The third-order valence-corrected chi connectivity index (χ3v) is 5.72. The van der Waals surface area contributed by atoms with Gasteiger partial charge in [-0.1, -0.05) is 23.7 Å². The highest BCUT2D eigenvalue weighted by atomic mass is 35.5. The van der Waals surface area contributed by atoms with Crippen LogP contribution in [0.5, 0.6) is 0 Å². The SMILES string of the molecule is CC(c1ccc(Cl)cc1)N(C)C(=O)c1ccc(S(=O)(=O)C(F)(F)F)cc1. The lowest BCUT2D eigenvalue weighted by molar-refractivity contribution is -0.0436. The van der Waals surface area contributed by atoms with Gasteiger partial charge in [-0.2, -0.15) is 13.2 Å². The van der Waals surface area contributed by atoms with E-state index in [0.29, 0.717) is 5.02 Å². The minimum atomic E-state index is -5.44. The molecule has 0 N–H and O–H groups in total. The average Bonchev–Trinajstić information content (AvgIpc) is 2.59. The molecule has 0 radical (unpaired) electrons. The highest BCUT2D eigenvalue weighted by Crippen LogP contribution is 2.30. The largest absolute Gasteiger partial charge is 0.501 e. The standard InChI is InChI=1S/C17H15ClF3NO3S/c1-11(12-3-7-14(18)8-4-12)22(2)16(23)13-5-9-15(10-6-13)26(24,25)17(19,20)21/h3-11H,1-2H3. The number of alkyl halides is 3. The van der Waals surface area contributed by atoms with Crippen molar-refractivity contribution >= 4 is 27.3 Å². The van der Waals surface area contributed by atoms with Gasteiger partial charge in [-0.25, -0.2) is 8.42 Å². The van der Waals surface area contributed by atoms with Gasteiger partial charge in [0.25, 0.3) is 15.7 Å². The number of halogens is 4. The number of carbonyl (C=O) groups is 1. The molecule has 9 heteroatoms. The predicted octanol–water partition coefficient (Wildman–Crippen LogP) is 4.47. The van der Waals surface area contributed by atoms with E-state index in [1.54, 1.807) is 38.2 Å². The Hall–Kier alpha value is -2.06. The summed E-state index contributed by atoms with van der Waals surface area (Å²) in [6.07, 6.45) is 0. The Morgan fingerprint density at radius 2 is 1.54 bits per heavy atom. The molecule has 26 heavy (non-hydrogen) atoms. The van der Waals surface area contributed by atoms with Gasteiger partial charge in [-0.3, -0.25) is 4.79 Å². The van der Waals surface area contributed by atoms with Crippen LogP contribution in [0.1, 0.15) is 28.9 Å². The molecule has 0 saturated carbocycles. The molecule has 0 aliphatic rings. The van der Waals surface area contributed by atoms with E-state index in [1.807, 2.05) is 0 Å². The minimum Gasteiger partial charge on any atom is -0.335 e. The van der Waals surface area contributed by atoms with Crippen molar-refractivity contribution in [2.24, 2.45) is 0 Å². The second kappa shape index (κ2) is 7.28. The monoisotopic (exact) mass is 405 g/mol. The van der Waals surface area contributed by atoms with Crippen molar-refractivity contribution in [3.63, 3.8) is 0 Å². The van der Waals surface area contributed by atoms with Gasteiger partial charge < -0.3 is 4.90 Å². The van der Waals surface area contributed by atoms with E-state index < -0.39 is 26.1 Å². The van der Waals surface area contributed by atoms with Crippen LogP contribution in [0.3, 0.4) is 0 Å². The van der Waals surface area contributed by atoms with Gasteiger partial charge in [0.2, 0.25) is 0 Å². The summed E-state index contributed by atoms with van der Waals surface area (Å²) in [5, 5.41) is 0.552. The molecule has 2 aromatic rings. The van der Waals surface area contributed by atoms with Crippen LogP contribution in [-0.2, 0) is 9.84 Å². The van der Waals surface area contributed by atoms with E-state index in [0.717, 1.165) is 29.8 Å². The van der Waals surface area contributed by atoms with Gasteiger partial charge in [0.15, 0.2) is 0 Å². The molecule has 1 atom stereocenters. The Morgan fingerprint density at radius 1 is 1.04 bits per heavy atom. The number of sulfone groups is 1. The Morgan fingerprint density at radius 3 is 2.00 bits per heavy atom. The molecule has 2 aromatic carbocycles. The number of carbonyl (C=O) groups excluding carboxylic acids is 1. The molecule has 2 rings (SSSR count). The molecular formula is C17H15ClF3NO3S. The van der Waals surface area contributed by atoms with Crippen LogP contribution in [0.4, 0.5) is 13.2 Å². The summed E-state index contributed by atoms with van der Waals surface area (Å²) in [7, 11) is -3.90. The Labute approximate surface area is 154 Å². The molecule has 0 aromatic heterocycles. The second-order valence-corrected chi connectivity index (χ2v) is 7.99. The average molecular weight is 406 g/mol. The molecule has 0 aliphatic carbocycles. The van der Waals surface area contributed by atoms with Gasteiger partial charge in [-0.05, 0) is 48.9 Å². The molecule has 0 heterocycles. The molecule has 0 aliphatic heterocycles. The molecule has 140 valence electrons. The van der Waals surface area contributed by atoms with E-state index in [9.17, 15) is 26.4 Å². The van der Waals surface area contributed by atoms with Gasteiger partial charge in [-0.15, -0.1) is 0 Å². The number of amides is 1. The van der Waals surface area contributed by atoms with Crippen LogP contribution >= 0.6 is 11.6 Å². The van der Waals surface area contributed by atoms with Crippen molar-refractivity contribution in [1.29, 1.82) is 0 Å². The highest BCUT2D eigenvalue weighted by Gasteiger charge is 2.46. The van der Waals surface area contributed by atoms with Crippen molar-refractivity contribution in [3.05, 3.63) is 64.7 Å². The number of rotatable bonds is 4. The lowest BCUT2D eigenvalue weighted by Gasteiger charge is -2.25. The summed E-state index contributed by atoms with van der Waals surface area (Å²) in [5.74, 6) is -0.455. The number of hydrogen-bond acceptors (Lipinski definition) is 3. The van der Waals surface area contributed by atoms with Gasteiger partial charge in [0.05, 0.1) is 10.9 Å². The Kier molecular flexibility index (Phi) is 5.67. The van der Waals surface area contributed by atoms with Crippen LogP contribution in [0.25, 0.3) is 0 Å². The lowest BCUT2D eigenvalue weighted by Crippen LogP contribution is -2.29. The summed E-state index contributed by atoms with van der Waals surface area (Å²) < 4.78 is 60.4. The Balaban J connectivity index is 2.23. The van der Waals surface area contributed by atoms with E-state index in [4.69, 9.17) is 11.6 Å². The van der Waals surface area contributed by atoms with Crippen LogP contribution in [0.2, 0.25) is 5.02 Å². The quantitative estimate of drug-likeness (QED) is 0.754. The predicted molar refractivity (Wildman–Crippen MR) is 91.6 cm³/mol. The van der Waals surface area contributed by atoms with E-state index in [-0.39, 0.29) is 11.6 Å². The Bertz CT molecular complexity index is 894. The van der Waals surface area contributed by atoms with Crippen molar-refractivity contribution in [2.45, 2.75) is 23.4 Å². The van der Waals surface area contributed by atoms with Crippen LogP contribution in [0.15, 0.2) is 53.4 Å². The summed E-state index contributed by atoms with van der Waals surface area (Å²) in [6.45, 7) is 1.78. The second-order valence-electron chi connectivity index (χ2n) is 5.62. The summed E-state index contributed by atoms with van der Waals surface area (Å²) in [4.78, 5) is 13.0. The molecule has 0 saturated heterocycles. The number of benzene rings is 2. The fraction of sp³-hybridized carbons (Fsp3) is 0.235. The third kappa shape index (κ3) is 4.02. The van der Waals surface area contributed by atoms with E-state index >= 15 is 0 Å². The maximum absolute atomic E-state index is 12.6. The fourth-order valence-corrected chi connectivity index (χ4v) is 3.14. The number of hydrogen-bond donors (Lipinski definition) is 0. The summed E-state index contributed by atoms with van der Waals surface area (Å²) in [5.41, 5.74) is -4.49. The molecule has 1 unspecified atom stereocenters. The topological polar surface area (TPSA) is 54.5 Å². The third-order valence-electron chi connectivity index (χ3n) is 3.97. The van der Waals surface area contributed by atoms with Gasteiger partial charge >= 0.3 is 5.51 Å². The molecule has 0 bridgehead atoms. The lowest BCUT2D eigenvalue weighted by atomic mass is 10.1. The summed E-state index contributed by atoms with van der Waals surface area (Å²) in [6, 6.07) is 10.2. The van der Waals surface area contributed by atoms with Crippen molar-refractivity contribution in [3.8, 4) is 0 Å². The van der Waals surface area contributed by atoms with E-state index in [2.05, 4.69) is 0 Å². The molecular weight excluding hydrogens is 391 g/mol. The highest BCUT2D eigenvalue weighted by molar-refractivity contribution is 7.92. The smallest absolute Gasteiger partial charge is 0.335 e. The van der Waals surface area contributed by atoms with Crippen molar-refractivity contribution < 1.29 is 26.4 Å². The van der Waals surface area contributed by atoms with Crippen molar-refractivity contribution in [1.82, 2.24) is 4.90 Å². The van der Waals surface area contributed by atoms with Crippen LogP contribution in [-0.4, -0.2) is 31.8 Å². The molecule has 0 fully saturated rings.